The highest BCUT2D eigenvalue weighted by Gasteiger charge is 2.21. The summed E-state index contributed by atoms with van der Waals surface area (Å²) < 4.78 is 0. The second-order valence-corrected chi connectivity index (χ2v) is 4.59. The number of aromatic nitrogens is 2. The molecule has 12 heavy (non-hydrogen) atoms. The van der Waals surface area contributed by atoms with E-state index in [0.29, 0.717) is 5.92 Å². The van der Waals surface area contributed by atoms with Gasteiger partial charge in [-0.2, -0.15) is 5.10 Å². The van der Waals surface area contributed by atoms with Crippen LogP contribution in [0.25, 0.3) is 0 Å². The van der Waals surface area contributed by atoms with Crippen molar-refractivity contribution in [1.29, 1.82) is 0 Å². The number of H-pyrrole nitrogens is 1. The van der Waals surface area contributed by atoms with Crippen LogP contribution in [0.3, 0.4) is 0 Å². The zero-order valence-corrected chi connectivity index (χ0v) is 8.60. The maximum absolute atomic E-state index is 4.26. The molecule has 1 aromatic heterocycles. The fourth-order valence-electron chi connectivity index (χ4n) is 1.34. The van der Waals surface area contributed by atoms with Crippen molar-refractivity contribution >= 4 is 0 Å². The number of aromatic amines is 1. The minimum atomic E-state index is 0.201. The Morgan fingerprint density at radius 3 is 2.25 bits per heavy atom. The van der Waals surface area contributed by atoms with Gasteiger partial charge in [0.05, 0.1) is 5.69 Å². The third-order valence-electron chi connectivity index (χ3n) is 2.02. The van der Waals surface area contributed by atoms with Crippen LogP contribution in [0.4, 0.5) is 0 Å². The van der Waals surface area contributed by atoms with E-state index in [0.717, 1.165) is 0 Å². The summed E-state index contributed by atoms with van der Waals surface area (Å²) in [6, 6.07) is 0. The Kier molecular flexibility index (Phi) is 2.27. The normalized spacial score (nSPS) is 12.5. The second-order valence-electron chi connectivity index (χ2n) is 4.59. The molecule has 0 radical (unpaired) electrons. The summed E-state index contributed by atoms with van der Waals surface area (Å²) in [5, 5.41) is 7.19. The van der Waals surface area contributed by atoms with Gasteiger partial charge in [0.2, 0.25) is 0 Å². The number of hydrogen-bond acceptors (Lipinski definition) is 1. The van der Waals surface area contributed by atoms with E-state index in [1.165, 1.54) is 11.3 Å². The highest BCUT2D eigenvalue weighted by molar-refractivity contribution is 5.26. The third kappa shape index (κ3) is 1.68. The van der Waals surface area contributed by atoms with Crippen LogP contribution in [0, 0.1) is 0 Å². The van der Waals surface area contributed by atoms with Crippen LogP contribution in [0.2, 0.25) is 0 Å². The van der Waals surface area contributed by atoms with Gasteiger partial charge < -0.3 is 0 Å². The predicted octanol–water partition coefficient (Wildman–Crippen LogP) is 2.83. The van der Waals surface area contributed by atoms with E-state index in [1.54, 1.807) is 0 Å². The third-order valence-corrected chi connectivity index (χ3v) is 2.02. The average Bonchev–Trinajstić information content (AvgIpc) is 2.30. The lowest BCUT2D eigenvalue weighted by atomic mass is 9.85. The number of nitrogens with one attached hydrogen (secondary N) is 1. The lowest BCUT2D eigenvalue weighted by Crippen LogP contribution is -2.13. The topological polar surface area (TPSA) is 28.7 Å². The van der Waals surface area contributed by atoms with Gasteiger partial charge in [-0.15, -0.1) is 0 Å². The largest absolute Gasteiger partial charge is 0.285 e. The van der Waals surface area contributed by atoms with E-state index in [1.807, 2.05) is 6.20 Å². The van der Waals surface area contributed by atoms with Crippen molar-refractivity contribution < 1.29 is 0 Å². The zero-order valence-electron chi connectivity index (χ0n) is 8.60. The fourth-order valence-corrected chi connectivity index (χ4v) is 1.34. The molecular weight excluding hydrogens is 148 g/mol. The predicted molar refractivity (Wildman–Crippen MR) is 51.4 cm³/mol. The van der Waals surface area contributed by atoms with Crippen molar-refractivity contribution in [3.63, 3.8) is 0 Å². The number of nitrogens with zero attached hydrogens (tertiary/aromatic N) is 1. The highest BCUT2D eigenvalue weighted by atomic mass is 15.1. The summed E-state index contributed by atoms with van der Waals surface area (Å²) in [6.45, 7) is 11.0. The first kappa shape index (κ1) is 9.30. The summed E-state index contributed by atoms with van der Waals surface area (Å²) in [7, 11) is 0. The van der Waals surface area contributed by atoms with Gasteiger partial charge in [-0.1, -0.05) is 34.6 Å². The molecule has 2 nitrogen and oxygen atoms in total. The summed E-state index contributed by atoms with van der Waals surface area (Å²) in [4.78, 5) is 0. The molecule has 1 rings (SSSR count). The van der Waals surface area contributed by atoms with Gasteiger partial charge in [0.1, 0.15) is 0 Å². The SMILES string of the molecule is CC(C)c1n[nH]cc1C(C)(C)C. The minimum Gasteiger partial charge on any atom is -0.285 e. The Bertz CT molecular complexity index is 253. The Balaban J connectivity index is 3.08. The summed E-state index contributed by atoms with van der Waals surface area (Å²) >= 11 is 0. The van der Waals surface area contributed by atoms with Crippen molar-refractivity contribution in [2.24, 2.45) is 0 Å². The quantitative estimate of drug-likeness (QED) is 0.682. The van der Waals surface area contributed by atoms with E-state index in [4.69, 9.17) is 0 Å². The molecule has 0 aromatic carbocycles. The van der Waals surface area contributed by atoms with Crippen LogP contribution in [0.1, 0.15) is 51.8 Å². The molecule has 0 bridgehead atoms. The molecule has 1 aromatic rings. The van der Waals surface area contributed by atoms with Crippen LogP contribution in [0.5, 0.6) is 0 Å². The van der Waals surface area contributed by atoms with Crippen LogP contribution in [0.15, 0.2) is 6.20 Å². The second kappa shape index (κ2) is 2.92. The Morgan fingerprint density at radius 2 is 1.92 bits per heavy atom. The first-order valence-corrected chi connectivity index (χ1v) is 4.47. The molecule has 0 aliphatic rings. The average molecular weight is 166 g/mol. The van der Waals surface area contributed by atoms with E-state index < -0.39 is 0 Å². The molecule has 0 aliphatic heterocycles. The summed E-state index contributed by atoms with van der Waals surface area (Å²) in [5.74, 6) is 0.505. The van der Waals surface area contributed by atoms with E-state index >= 15 is 0 Å². The fraction of sp³-hybridized carbons (Fsp3) is 0.700. The standard InChI is InChI=1S/C10H18N2/c1-7(2)9-8(6-11-12-9)10(3,4)5/h6-7H,1-5H3,(H,11,12). The molecule has 0 amide bonds. The van der Waals surface area contributed by atoms with Gasteiger partial charge in [0.25, 0.3) is 0 Å². The molecule has 0 aliphatic carbocycles. The van der Waals surface area contributed by atoms with Crippen LogP contribution >= 0.6 is 0 Å². The first-order chi connectivity index (χ1) is 5.43. The Labute approximate surface area is 74.4 Å². The van der Waals surface area contributed by atoms with Crippen LogP contribution in [-0.4, -0.2) is 10.2 Å². The number of hydrogen-bond donors (Lipinski definition) is 1. The van der Waals surface area contributed by atoms with Crippen molar-refractivity contribution in [2.45, 2.75) is 46.0 Å². The molecule has 1 heterocycles. The molecule has 0 fully saturated rings. The van der Waals surface area contributed by atoms with Gasteiger partial charge in [0.15, 0.2) is 0 Å². The summed E-state index contributed by atoms with van der Waals surface area (Å²) in [6.07, 6.45) is 2.01. The molecule has 0 unspecified atom stereocenters. The molecule has 0 saturated carbocycles. The van der Waals surface area contributed by atoms with Gasteiger partial charge in [0, 0.05) is 6.20 Å². The number of rotatable bonds is 1. The molecule has 0 saturated heterocycles. The molecular formula is C10H18N2. The maximum atomic E-state index is 4.26. The van der Waals surface area contributed by atoms with Crippen molar-refractivity contribution in [1.82, 2.24) is 10.2 Å². The van der Waals surface area contributed by atoms with Crippen molar-refractivity contribution in [3.8, 4) is 0 Å². The van der Waals surface area contributed by atoms with Gasteiger partial charge >= 0.3 is 0 Å². The highest BCUT2D eigenvalue weighted by Crippen LogP contribution is 2.28. The monoisotopic (exact) mass is 166 g/mol. The molecule has 0 spiro atoms. The van der Waals surface area contributed by atoms with Gasteiger partial charge in [-0.3, -0.25) is 5.10 Å². The van der Waals surface area contributed by atoms with Crippen LogP contribution < -0.4 is 0 Å². The molecule has 68 valence electrons. The van der Waals surface area contributed by atoms with Gasteiger partial charge in [-0.05, 0) is 16.9 Å². The maximum Gasteiger partial charge on any atom is 0.0684 e. The van der Waals surface area contributed by atoms with E-state index in [9.17, 15) is 0 Å². The molecule has 1 N–H and O–H groups in total. The Hall–Kier alpha value is -0.790. The summed E-state index contributed by atoms with van der Waals surface area (Å²) in [5.41, 5.74) is 2.73. The Morgan fingerprint density at radius 1 is 1.33 bits per heavy atom. The van der Waals surface area contributed by atoms with Gasteiger partial charge in [-0.25, -0.2) is 0 Å². The molecule has 0 atom stereocenters. The zero-order chi connectivity index (χ0) is 9.35. The smallest absolute Gasteiger partial charge is 0.0684 e. The lowest BCUT2D eigenvalue weighted by Gasteiger charge is -2.19. The molecule has 2 heteroatoms. The van der Waals surface area contributed by atoms with Crippen molar-refractivity contribution in [2.75, 3.05) is 0 Å². The lowest BCUT2D eigenvalue weighted by molar-refractivity contribution is 0.576. The van der Waals surface area contributed by atoms with E-state index in [-0.39, 0.29) is 5.41 Å². The first-order valence-electron chi connectivity index (χ1n) is 4.47. The minimum absolute atomic E-state index is 0.201. The van der Waals surface area contributed by atoms with E-state index in [2.05, 4.69) is 44.8 Å². The van der Waals surface area contributed by atoms with Crippen molar-refractivity contribution in [3.05, 3.63) is 17.5 Å². The van der Waals surface area contributed by atoms with Crippen LogP contribution in [-0.2, 0) is 5.41 Å².